The molecule has 0 atom stereocenters. The Morgan fingerprint density at radius 2 is 1.89 bits per heavy atom. The third-order valence-corrected chi connectivity index (χ3v) is 7.79. The molecule has 0 aromatic carbocycles. The van der Waals surface area contributed by atoms with Gasteiger partial charge in [-0.05, 0) is 39.8 Å². The van der Waals surface area contributed by atoms with Crippen LogP contribution in [0.5, 0.6) is 0 Å². The molecule has 0 spiro atoms. The zero-order valence-electron chi connectivity index (χ0n) is 16.5. The molecule has 0 aliphatic rings. The number of aliphatic imine (C=N–C) groups is 1. The van der Waals surface area contributed by atoms with Gasteiger partial charge in [0.05, 0.1) is 17.2 Å². The van der Waals surface area contributed by atoms with Crippen molar-refractivity contribution < 1.29 is 8.42 Å². The molecule has 0 fully saturated rings. The lowest BCUT2D eigenvalue weighted by Crippen LogP contribution is -2.39. The van der Waals surface area contributed by atoms with Gasteiger partial charge in [-0.1, -0.05) is 0 Å². The number of aromatic nitrogens is 1. The molecule has 0 aliphatic carbocycles. The van der Waals surface area contributed by atoms with E-state index in [1.165, 1.54) is 16.2 Å². The number of guanidine groups is 1. The second kappa shape index (κ2) is 12.1. The zero-order chi connectivity index (χ0) is 19.9. The number of sulfonamides is 1. The van der Waals surface area contributed by atoms with Crippen LogP contribution in [0.1, 0.15) is 27.4 Å². The van der Waals surface area contributed by atoms with Crippen molar-refractivity contribution in [2.45, 2.75) is 38.3 Å². The highest BCUT2D eigenvalue weighted by atomic mass is 127. The summed E-state index contributed by atoms with van der Waals surface area (Å²) in [6, 6.07) is 3.43. The predicted molar refractivity (Wildman–Crippen MR) is 129 cm³/mol. The molecule has 0 unspecified atom stereocenters. The Hall–Kier alpha value is -0.760. The minimum absolute atomic E-state index is 0. The first kappa shape index (κ1) is 25.3. The summed E-state index contributed by atoms with van der Waals surface area (Å²) in [5.74, 6) is 0.675. The van der Waals surface area contributed by atoms with E-state index in [1.54, 1.807) is 23.5 Å². The van der Waals surface area contributed by atoms with Gasteiger partial charge < -0.3 is 10.6 Å². The second-order valence-corrected chi connectivity index (χ2v) is 10.5. The number of thiophene rings is 1. The fourth-order valence-electron chi connectivity index (χ4n) is 2.25. The molecule has 0 saturated carbocycles. The minimum atomic E-state index is -3.45. The standard InChI is InChI=1S/C17H27N5O2S3.HI/c1-5-18-17(19-9-8-15-22-13(3)14(4)26-15)20-10-11-21-27(23,24)16-7-6-12(2)25-16;/h6-7,21H,5,8-11H2,1-4H3,(H2,18,19,20);1H. The van der Waals surface area contributed by atoms with Crippen molar-refractivity contribution in [3.05, 3.63) is 32.6 Å². The SMILES string of the molecule is CCNC(=NCCNS(=O)(=O)c1ccc(C)s1)NCCc1nc(C)c(C)s1.I. The zero-order valence-corrected chi connectivity index (χ0v) is 21.3. The van der Waals surface area contributed by atoms with Crippen LogP contribution in [0.25, 0.3) is 0 Å². The highest BCUT2D eigenvalue weighted by Crippen LogP contribution is 2.20. The molecule has 28 heavy (non-hydrogen) atoms. The molecule has 0 radical (unpaired) electrons. The third kappa shape index (κ3) is 7.93. The lowest BCUT2D eigenvalue weighted by molar-refractivity contribution is 0.584. The van der Waals surface area contributed by atoms with E-state index >= 15 is 0 Å². The summed E-state index contributed by atoms with van der Waals surface area (Å²) in [5.41, 5.74) is 1.09. The van der Waals surface area contributed by atoms with Crippen LogP contribution in [0, 0.1) is 20.8 Å². The second-order valence-electron chi connectivity index (χ2n) is 5.95. The van der Waals surface area contributed by atoms with Gasteiger partial charge in [0.15, 0.2) is 5.96 Å². The summed E-state index contributed by atoms with van der Waals surface area (Å²) in [6.45, 7) is 10.0. The number of rotatable bonds is 9. The van der Waals surface area contributed by atoms with E-state index < -0.39 is 10.0 Å². The molecule has 11 heteroatoms. The number of halogens is 1. The van der Waals surface area contributed by atoms with Gasteiger partial charge in [-0.15, -0.1) is 46.7 Å². The average molecular weight is 558 g/mol. The van der Waals surface area contributed by atoms with E-state index in [4.69, 9.17) is 0 Å². The van der Waals surface area contributed by atoms with Gasteiger partial charge in [-0.25, -0.2) is 18.1 Å². The van der Waals surface area contributed by atoms with Crippen molar-refractivity contribution >= 4 is 62.6 Å². The number of nitrogens with one attached hydrogen (secondary N) is 3. The largest absolute Gasteiger partial charge is 0.357 e. The van der Waals surface area contributed by atoms with Gasteiger partial charge in [0, 0.05) is 35.8 Å². The Morgan fingerprint density at radius 1 is 1.14 bits per heavy atom. The highest BCUT2D eigenvalue weighted by molar-refractivity contribution is 14.0. The van der Waals surface area contributed by atoms with Crippen LogP contribution in [0.15, 0.2) is 21.3 Å². The molecule has 0 bridgehead atoms. The molecule has 158 valence electrons. The van der Waals surface area contributed by atoms with Crippen molar-refractivity contribution in [2.75, 3.05) is 26.2 Å². The summed E-state index contributed by atoms with van der Waals surface area (Å²) < 4.78 is 27.3. The summed E-state index contributed by atoms with van der Waals surface area (Å²) in [4.78, 5) is 11.2. The molecule has 0 saturated heterocycles. The average Bonchev–Trinajstić information content (AvgIpc) is 3.18. The minimum Gasteiger partial charge on any atom is -0.357 e. The number of hydrogen-bond acceptors (Lipinski definition) is 6. The summed E-state index contributed by atoms with van der Waals surface area (Å²) in [5, 5.41) is 7.53. The monoisotopic (exact) mass is 557 g/mol. The predicted octanol–water partition coefficient (Wildman–Crippen LogP) is 2.82. The van der Waals surface area contributed by atoms with Crippen LogP contribution >= 0.6 is 46.7 Å². The molecule has 0 aliphatic heterocycles. The van der Waals surface area contributed by atoms with E-state index in [1.807, 2.05) is 20.8 Å². The maximum absolute atomic E-state index is 12.2. The topological polar surface area (TPSA) is 95.5 Å². The van der Waals surface area contributed by atoms with Gasteiger partial charge in [0.1, 0.15) is 4.21 Å². The molecule has 2 heterocycles. The van der Waals surface area contributed by atoms with Crippen molar-refractivity contribution in [2.24, 2.45) is 4.99 Å². The van der Waals surface area contributed by atoms with Crippen LogP contribution < -0.4 is 15.4 Å². The molecule has 7 nitrogen and oxygen atoms in total. The third-order valence-electron chi connectivity index (χ3n) is 3.70. The molecule has 2 rings (SSSR count). The van der Waals surface area contributed by atoms with Gasteiger partial charge in [0.2, 0.25) is 10.0 Å². The number of aryl methyl sites for hydroxylation is 3. The Kier molecular flexibility index (Phi) is 10.9. The molecule has 3 N–H and O–H groups in total. The quantitative estimate of drug-likeness (QED) is 0.191. The van der Waals surface area contributed by atoms with Crippen LogP contribution in [0.3, 0.4) is 0 Å². The van der Waals surface area contributed by atoms with Gasteiger partial charge >= 0.3 is 0 Å². The van der Waals surface area contributed by atoms with Crippen molar-refractivity contribution in [1.29, 1.82) is 0 Å². The maximum atomic E-state index is 12.2. The van der Waals surface area contributed by atoms with Gasteiger partial charge in [0.25, 0.3) is 0 Å². The summed E-state index contributed by atoms with van der Waals surface area (Å²) >= 11 is 2.98. The Morgan fingerprint density at radius 3 is 2.46 bits per heavy atom. The lowest BCUT2D eigenvalue weighted by atomic mass is 10.4. The molecule has 2 aromatic rings. The van der Waals surface area contributed by atoms with Gasteiger partial charge in [-0.3, -0.25) is 4.99 Å². The van der Waals surface area contributed by atoms with Crippen LogP contribution in [-0.4, -0.2) is 45.5 Å². The lowest BCUT2D eigenvalue weighted by Gasteiger charge is -2.10. The summed E-state index contributed by atoms with van der Waals surface area (Å²) in [6.07, 6.45) is 0.827. The van der Waals surface area contributed by atoms with Crippen molar-refractivity contribution in [3.8, 4) is 0 Å². The van der Waals surface area contributed by atoms with Crippen molar-refractivity contribution in [1.82, 2.24) is 20.3 Å². The first-order valence-corrected chi connectivity index (χ1v) is 11.9. The van der Waals surface area contributed by atoms with Crippen LogP contribution in [0.4, 0.5) is 0 Å². The summed E-state index contributed by atoms with van der Waals surface area (Å²) in [7, 11) is -3.45. The molecular formula is C17H28IN5O2S3. The number of nitrogens with zero attached hydrogens (tertiary/aromatic N) is 2. The highest BCUT2D eigenvalue weighted by Gasteiger charge is 2.15. The number of thiazole rings is 1. The van der Waals surface area contributed by atoms with Crippen molar-refractivity contribution in [3.63, 3.8) is 0 Å². The maximum Gasteiger partial charge on any atom is 0.250 e. The Balaban J connectivity index is 0.00000392. The van der Waals surface area contributed by atoms with E-state index in [2.05, 4.69) is 32.3 Å². The van der Waals surface area contributed by atoms with E-state index in [0.29, 0.717) is 16.7 Å². The fourth-order valence-corrected chi connectivity index (χ4v) is 5.53. The van der Waals surface area contributed by atoms with E-state index in [9.17, 15) is 8.42 Å². The van der Waals surface area contributed by atoms with Crippen LogP contribution in [-0.2, 0) is 16.4 Å². The van der Waals surface area contributed by atoms with Gasteiger partial charge in [-0.2, -0.15) is 0 Å². The first-order valence-electron chi connectivity index (χ1n) is 8.83. The Labute approximate surface area is 192 Å². The number of hydrogen-bond donors (Lipinski definition) is 3. The molecule has 2 aromatic heterocycles. The van der Waals surface area contributed by atoms with E-state index in [0.717, 1.165) is 35.1 Å². The van der Waals surface area contributed by atoms with E-state index in [-0.39, 0.29) is 30.5 Å². The van der Waals surface area contributed by atoms with Crippen LogP contribution in [0.2, 0.25) is 0 Å². The Bertz CT molecular complexity index is 858. The normalized spacial score (nSPS) is 11.9. The molecule has 0 amide bonds. The fraction of sp³-hybridized carbons (Fsp3) is 0.529. The smallest absolute Gasteiger partial charge is 0.250 e. The first-order chi connectivity index (χ1) is 12.8. The molecular weight excluding hydrogens is 529 g/mol.